The molecule has 5 nitrogen and oxygen atoms in total. The Kier molecular flexibility index (Phi) is 4.13. The topological polar surface area (TPSA) is 64.4 Å². The number of ether oxygens (including phenoxy) is 1. The van der Waals surface area contributed by atoms with Crippen molar-refractivity contribution in [2.45, 2.75) is 31.8 Å². The standard InChI is InChI=1S/C14H16N2O3S/c17-13(6-5-10-3-1-7-18-10)16-14-15-11(9-20-14)12-4-2-8-19-12/h2,4,8-10H,1,3,5-7H2,(H,15,16,17)/t10-/m0/s1. The molecule has 1 N–H and O–H groups in total. The average molecular weight is 292 g/mol. The van der Waals surface area contributed by atoms with Gasteiger partial charge >= 0.3 is 0 Å². The van der Waals surface area contributed by atoms with Crippen molar-refractivity contribution in [3.63, 3.8) is 0 Å². The van der Waals surface area contributed by atoms with Crippen molar-refractivity contribution in [1.29, 1.82) is 0 Å². The molecule has 2 aromatic heterocycles. The molecule has 6 heteroatoms. The molecule has 0 aromatic carbocycles. The number of aromatic nitrogens is 1. The maximum absolute atomic E-state index is 11.8. The number of carbonyl (C=O) groups is 1. The molecule has 0 spiro atoms. The number of nitrogens with one attached hydrogen (secondary N) is 1. The van der Waals surface area contributed by atoms with E-state index in [4.69, 9.17) is 9.15 Å². The number of hydrogen-bond acceptors (Lipinski definition) is 5. The first-order valence-electron chi connectivity index (χ1n) is 6.72. The highest BCUT2D eigenvalue weighted by atomic mass is 32.1. The molecule has 3 heterocycles. The van der Waals surface area contributed by atoms with Gasteiger partial charge < -0.3 is 14.5 Å². The Bertz CT molecular complexity index is 559. The first kappa shape index (κ1) is 13.3. The minimum absolute atomic E-state index is 0.0131. The maximum atomic E-state index is 11.8. The van der Waals surface area contributed by atoms with Gasteiger partial charge in [0, 0.05) is 18.4 Å². The molecule has 20 heavy (non-hydrogen) atoms. The Balaban J connectivity index is 1.51. The van der Waals surface area contributed by atoms with Crippen molar-refractivity contribution in [2.24, 2.45) is 0 Å². The summed E-state index contributed by atoms with van der Waals surface area (Å²) in [5, 5.41) is 5.29. The van der Waals surface area contributed by atoms with E-state index in [-0.39, 0.29) is 12.0 Å². The summed E-state index contributed by atoms with van der Waals surface area (Å²) in [5.41, 5.74) is 0.745. The number of carbonyl (C=O) groups excluding carboxylic acids is 1. The van der Waals surface area contributed by atoms with E-state index in [1.54, 1.807) is 6.26 Å². The summed E-state index contributed by atoms with van der Waals surface area (Å²) in [7, 11) is 0. The lowest BCUT2D eigenvalue weighted by Crippen LogP contribution is -2.15. The van der Waals surface area contributed by atoms with Crippen LogP contribution in [-0.4, -0.2) is 23.6 Å². The molecule has 0 aliphatic carbocycles. The van der Waals surface area contributed by atoms with E-state index >= 15 is 0 Å². The lowest BCUT2D eigenvalue weighted by molar-refractivity contribution is -0.116. The Labute approximate surface area is 121 Å². The van der Waals surface area contributed by atoms with E-state index in [1.165, 1.54) is 11.3 Å². The monoisotopic (exact) mass is 292 g/mol. The summed E-state index contributed by atoms with van der Waals surface area (Å²) in [4.78, 5) is 16.2. The molecule has 1 fully saturated rings. The van der Waals surface area contributed by atoms with Gasteiger partial charge in [-0.15, -0.1) is 11.3 Å². The smallest absolute Gasteiger partial charge is 0.226 e. The molecule has 0 radical (unpaired) electrons. The van der Waals surface area contributed by atoms with Gasteiger partial charge in [0.05, 0.1) is 12.4 Å². The van der Waals surface area contributed by atoms with Crippen LogP contribution in [0.2, 0.25) is 0 Å². The summed E-state index contributed by atoms with van der Waals surface area (Å²) in [5.74, 6) is 0.696. The van der Waals surface area contributed by atoms with Gasteiger partial charge in [0.25, 0.3) is 0 Å². The van der Waals surface area contributed by atoms with Crippen molar-refractivity contribution in [3.05, 3.63) is 23.8 Å². The van der Waals surface area contributed by atoms with Crippen LogP contribution >= 0.6 is 11.3 Å². The SMILES string of the molecule is O=C(CC[C@@H]1CCCO1)Nc1nc(-c2ccco2)cs1. The van der Waals surface area contributed by atoms with Gasteiger partial charge in [-0.2, -0.15) is 0 Å². The van der Waals surface area contributed by atoms with E-state index in [2.05, 4.69) is 10.3 Å². The molecular weight excluding hydrogens is 276 g/mol. The van der Waals surface area contributed by atoms with Gasteiger partial charge in [0.1, 0.15) is 5.69 Å². The van der Waals surface area contributed by atoms with Crippen LogP contribution in [0.4, 0.5) is 5.13 Å². The van der Waals surface area contributed by atoms with Crippen molar-refractivity contribution >= 4 is 22.4 Å². The molecule has 1 atom stereocenters. The van der Waals surface area contributed by atoms with E-state index in [0.717, 1.165) is 31.6 Å². The number of anilines is 1. The van der Waals surface area contributed by atoms with Crippen LogP contribution in [0.15, 0.2) is 28.2 Å². The zero-order chi connectivity index (χ0) is 13.8. The lowest BCUT2D eigenvalue weighted by Gasteiger charge is -2.07. The maximum Gasteiger partial charge on any atom is 0.226 e. The van der Waals surface area contributed by atoms with Crippen molar-refractivity contribution in [3.8, 4) is 11.5 Å². The van der Waals surface area contributed by atoms with E-state index in [9.17, 15) is 4.79 Å². The number of furan rings is 1. The van der Waals surface area contributed by atoms with Crippen LogP contribution in [0.25, 0.3) is 11.5 Å². The second-order valence-electron chi connectivity index (χ2n) is 4.74. The average Bonchev–Trinajstić information content (AvgIpc) is 3.18. The third-order valence-corrected chi connectivity index (χ3v) is 4.00. The molecule has 106 valence electrons. The predicted molar refractivity (Wildman–Crippen MR) is 76.7 cm³/mol. The fourth-order valence-electron chi connectivity index (χ4n) is 2.21. The number of thiazole rings is 1. The van der Waals surface area contributed by atoms with E-state index in [0.29, 0.717) is 17.3 Å². The predicted octanol–water partition coefficient (Wildman–Crippen LogP) is 3.30. The van der Waals surface area contributed by atoms with Crippen molar-refractivity contribution in [1.82, 2.24) is 4.98 Å². The highest BCUT2D eigenvalue weighted by Crippen LogP contribution is 2.25. The van der Waals surface area contributed by atoms with Gasteiger partial charge in [-0.25, -0.2) is 4.98 Å². The normalized spacial score (nSPS) is 18.3. The van der Waals surface area contributed by atoms with Crippen LogP contribution in [-0.2, 0) is 9.53 Å². The molecule has 1 aliphatic rings. The highest BCUT2D eigenvalue weighted by Gasteiger charge is 2.17. The summed E-state index contributed by atoms with van der Waals surface area (Å²) in [6.07, 6.45) is 5.27. The quantitative estimate of drug-likeness (QED) is 0.918. The second-order valence-corrected chi connectivity index (χ2v) is 5.60. The molecule has 1 saturated heterocycles. The van der Waals surface area contributed by atoms with Crippen LogP contribution in [0.3, 0.4) is 0 Å². The van der Waals surface area contributed by atoms with Gasteiger partial charge in [0.2, 0.25) is 5.91 Å². The third-order valence-electron chi connectivity index (χ3n) is 3.24. The van der Waals surface area contributed by atoms with E-state index in [1.807, 2.05) is 17.5 Å². The van der Waals surface area contributed by atoms with Gasteiger partial charge in [-0.3, -0.25) is 4.79 Å². The summed E-state index contributed by atoms with van der Waals surface area (Å²) in [6.45, 7) is 0.825. The Morgan fingerprint density at radius 3 is 3.25 bits per heavy atom. The molecule has 2 aromatic rings. The van der Waals surface area contributed by atoms with Crippen molar-refractivity contribution < 1.29 is 13.9 Å². The first-order valence-corrected chi connectivity index (χ1v) is 7.60. The molecule has 0 unspecified atom stereocenters. The highest BCUT2D eigenvalue weighted by molar-refractivity contribution is 7.14. The van der Waals surface area contributed by atoms with Crippen LogP contribution in [0.1, 0.15) is 25.7 Å². The minimum atomic E-state index is -0.0131. The largest absolute Gasteiger partial charge is 0.463 e. The zero-order valence-electron chi connectivity index (χ0n) is 11.0. The minimum Gasteiger partial charge on any atom is -0.463 e. The van der Waals surface area contributed by atoms with Crippen LogP contribution in [0, 0.1) is 0 Å². The molecule has 0 bridgehead atoms. The molecule has 3 rings (SSSR count). The molecule has 1 aliphatic heterocycles. The number of amides is 1. The molecular formula is C14H16N2O3S. The van der Waals surface area contributed by atoms with Crippen LogP contribution in [0.5, 0.6) is 0 Å². The Hall–Kier alpha value is -1.66. The van der Waals surface area contributed by atoms with Gasteiger partial charge in [-0.05, 0) is 31.4 Å². The van der Waals surface area contributed by atoms with E-state index < -0.39 is 0 Å². The number of nitrogens with zero attached hydrogens (tertiary/aromatic N) is 1. The first-order chi connectivity index (χ1) is 9.81. The van der Waals surface area contributed by atoms with Crippen molar-refractivity contribution in [2.75, 3.05) is 11.9 Å². The zero-order valence-corrected chi connectivity index (χ0v) is 11.8. The lowest BCUT2D eigenvalue weighted by atomic mass is 10.1. The fourth-order valence-corrected chi connectivity index (χ4v) is 2.93. The van der Waals surface area contributed by atoms with Gasteiger partial charge in [-0.1, -0.05) is 0 Å². The Morgan fingerprint density at radius 2 is 2.50 bits per heavy atom. The Morgan fingerprint density at radius 1 is 1.55 bits per heavy atom. The summed E-state index contributed by atoms with van der Waals surface area (Å²) in [6, 6.07) is 3.66. The number of hydrogen-bond donors (Lipinski definition) is 1. The summed E-state index contributed by atoms with van der Waals surface area (Å²) < 4.78 is 10.8. The third kappa shape index (κ3) is 3.26. The summed E-state index contributed by atoms with van der Waals surface area (Å²) >= 11 is 1.40. The second kappa shape index (κ2) is 6.19. The molecule has 1 amide bonds. The number of rotatable bonds is 5. The van der Waals surface area contributed by atoms with Crippen LogP contribution < -0.4 is 5.32 Å². The molecule has 0 saturated carbocycles. The van der Waals surface area contributed by atoms with Gasteiger partial charge in [0.15, 0.2) is 10.9 Å². The fraction of sp³-hybridized carbons (Fsp3) is 0.429.